The van der Waals surface area contributed by atoms with Gasteiger partial charge in [-0.2, -0.15) is 9.97 Å². The van der Waals surface area contributed by atoms with Crippen LogP contribution in [0.2, 0.25) is 0 Å². The third-order valence-corrected chi connectivity index (χ3v) is 5.07. The van der Waals surface area contributed by atoms with E-state index in [1.165, 1.54) is 0 Å². The van der Waals surface area contributed by atoms with Gasteiger partial charge in [-0.1, -0.05) is 30.3 Å². The van der Waals surface area contributed by atoms with Crippen molar-refractivity contribution in [2.75, 3.05) is 17.2 Å². The van der Waals surface area contributed by atoms with Gasteiger partial charge in [-0.05, 0) is 6.42 Å². The molecule has 1 aliphatic heterocycles. The van der Waals surface area contributed by atoms with Gasteiger partial charge in [0.15, 0.2) is 15.7 Å². The number of rotatable bonds is 2. The molecule has 1 atom stereocenters. The van der Waals surface area contributed by atoms with Gasteiger partial charge in [0.2, 0.25) is 5.95 Å². The van der Waals surface area contributed by atoms with E-state index in [1.807, 2.05) is 30.3 Å². The zero-order valence-corrected chi connectivity index (χ0v) is 11.5. The molecule has 3 rings (SSSR count). The van der Waals surface area contributed by atoms with Crippen molar-refractivity contribution >= 4 is 15.8 Å². The van der Waals surface area contributed by atoms with Crippen LogP contribution in [-0.4, -0.2) is 34.9 Å². The van der Waals surface area contributed by atoms with Crippen LogP contribution in [0.4, 0.5) is 5.95 Å². The van der Waals surface area contributed by atoms with Gasteiger partial charge >= 0.3 is 0 Å². The molecular weight excluding hydrogens is 276 g/mol. The van der Waals surface area contributed by atoms with Gasteiger partial charge in [0.1, 0.15) is 5.82 Å². The van der Waals surface area contributed by atoms with Gasteiger partial charge in [-0.15, -0.1) is 0 Å². The molecule has 7 heteroatoms. The van der Waals surface area contributed by atoms with Crippen molar-refractivity contribution < 1.29 is 8.42 Å². The molecule has 2 heterocycles. The third kappa shape index (κ3) is 2.62. The molecule has 0 saturated carbocycles. The summed E-state index contributed by atoms with van der Waals surface area (Å²) < 4.78 is 23.1. The highest BCUT2D eigenvalue weighted by Crippen LogP contribution is 2.27. The lowest BCUT2D eigenvalue weighted by Crippen LogP contribution is -2.11. The standard InChI is InChI=1S/C13H14N4O2S/c14-13-16-11(9-4-2-1-3-5-9)15-12(17-13)10-6-7-20(18,19)8-10/h1-5,10H,6-8H2,(H2,14,15,16,17). The molecule has 0 amide bonds. The molecule has 1 aromatic heterocycles. The summed E-state index contributed by atoms with van der Waals surface area (Å²) in [7, 11) is -2.98. The predicted octanol–water partition coefficient (Wildman–Crippen LogP) is 1.02. The van der Waals surface area contributed by atoms with E-state index in [0.717, 1.165) is 5.56 Å². The summed E-state index contributed by atoms with van der Waals surface area (Å²) in [5.74, 6) is 1.16. The van der Waals surface area contributed by atoms with Crippen molar-refractivity contribution in [1.29, 1.82) is 0 Å². The topological polar surface area (TPSA) is 98.8 Å². The van der Waals surface area contributed by atoms with E-state index in [2.05, 4.69) is 15.0 Å². The number of nitrogen functional groups attached to an aromatic ring is 1. The lowest BCUT2D eigenvalue weighted by Gasteiger charge is -2.08. The molecule has 0 radical (unpaired) electrons. The molecule has 6 nitrogen and oxygen atoms in total. The maximum absolute atomic E-state index is 11.6. The van der Waals surface area contributed by atoms with Crippen LogP contribution in [0.1, 0.15) is 18.2 Å². The number of anilines is 1. The molecular formula is C13H14N4O2S. The number of nitrogens with zero attached hydrogens (tertiary/aromatic N) is 3. The van der Waals surface area contributed by atoms with Crippen molar-refractivity contribution in [3.63, 3.8) is 0 Å². The second kappa shape index (κ2) is 4.82. The minimum Gasteiger partial charge on any atom is -0.368 e. The second-order valence-corrected chi connectivity index (χ2v) is 7.07. The van der Waals surface area contributed by atoms with Gasteiger partial charge in [-0.25, -0.2) is 13.4 Å². The SMILES string of the molecule is Nc1nc(-c2ccccc2)nc(C2CCS(=O)(=O)C2)n1. The average Bonchev–Trinajstić information content (AvgIpc) is 2.79. The molecule has 1 saturated heterocycles. The van der Waals surface area contributed by atoms with E-state index in [-0.39, 0.29) is 23.4 Å². The molecule has 1 aromatic carbocycles. The Balaban J connectivity index is 2.00. The Morgan fingerprint density at radius 2 is 1.85 bits per heavy atom. The summed E-state index contributed by atoms with van der Waals surface area (Å²) in [6, 6.07) is 9.43. The van der Waals surface area contributed by atoms with Crippen LogP contribution in [-0.2, 0) is 9.84 Å². The Hall–Kier alpha value is -2.02. The molecule has 0 bridgehead atoms. The van der Waals surface area contributed by atoms with Crippen LogP contribution in [0.3, 0.4) is 0 Å². The second-order valence-electron chi connectivity index (χ2n) is 4.84. The van der Waals surface area contributed by atoms with E-state index < -0.39 is 9.84 Å². The molecule has 2 N–H and O–H groups in total. The number of sulfone groups is 1. The number of benzene rings is 1. The Morgan fingerprint density at radius 3 is 2.50 bits per heavy atom. The molecule has 0 aliphatic carbocycles. The normalized spacial score (nSPS) is 20.9. The summed E-state index contributed by atoms with van der Waals surface area (Å²) in [6.45, 7) is 0. The zero-order valence-electron chi connectivity index (χ0n) is 10.7. The highest BCUT2D eigenvalue weighted by Gasteiger charge is 2.31. The Bertz CT molecular complexity index is 731. The third-order valence-electron chi connectivity index (χ3n) is 3.30. The van der Waals surface area contributed by atoms with Crippen molar-refractivity contribution in [2.24, 2.45) is 0 Å². The van der Waals surface area contributed by atoms with Crippen molar-refractivity contribution in [2.45, 2.75) is 12.3 Å². The minimum atomic E-state index is -2.98. The predicted molar refractivity (Wildman–Crippen MR) is 75.7 cm³/mol. The number of hydrogen-bond donors (Lipinski definition) is 1. The zero-order chi connectivity index (χ0) is 14.2. The highest BCUT2D eigenvalue weighted by atomic mass is 32.2. The monoisotopic (exact) mass is 290 g/mol. The average molecular weight is 290 g/mol. The lowest BCUT2D eigenvalue weighted by atomic mass is 10.1. The maximum atomic E-state index is 11.6. The fourth-order valence-electron chi connectivity index (χ4n) is 2.31. The van der Waals surface area contributed by atoms with Crippen LogP contribution < -0.4 is 5.73 Å². The minimum absolute atomic E-state index is 0.0880. The van der Waals surface area contributed by atoms with Gasteiger partial charge in [0.25, 0.3) is 0 Å². The van der Waals surface area contributed by atoms with E-state index >= 15 is 0 Å². The summed E-state index contributed by atoms with van der Waals surface area (Å²) in [6.07, 6.45) is 0.542. The van der Waals surface area contributed by atoms with Gasteiger partial charge in [0, 0.05) is 11.5 Å². The first-order valence-electron chi connectivity index (χ1n) is 6.31. The van der Waals surface area contributed by atoms with Crippen LogP contribution in [0.5, 0.6) is 0 Å². The van der Waals surface area contributed by atoms with Crippen molar-refractivity contribution in [3.05, 3.63) is 36.2 Å². The Morgan fingerprint density at radius 1 is 1.10 bits per heavy atom. The summed E-state index contributed by atoms with van der Waals surface area (Å²) >= 11 is 0. The smallest absolute Gasteiger partial charge is 0.223 e. The van der Waals surface area contributed by atoms with Gasteiger partial charge in [-0.3, -0.25) is 0 Å². The van der Waals surface area contributed by atoms with Gasteiger partial charge < -0.3 is 5.73 Å². The fraction of sp³-hybridized carbons (Fsp3) is 0.308. The number of nitrogens with two attached hydrogens (primary N) is 1. The Labute approximate surface area is 117 Å². The van der Waals surface area contributed by atoms with Crippen LogP contribution in [0, 0.1) is 0 Å². The van der Waals surface area contributed by atoms with Gasteiger partial charge in [0.05, 0.1) is 11.5 Å². The summed E-state index contributed by atoms with van der Waals surface area (Å²) in [5, 5.41) is 0. The molecule has 104 valence electrons. The Kier molecular flexibility index (Phi) is 3.13. The lowest BCUT2D eigenvalue weighted by molar-refractivity contribution is 0.601. The van der Waals surface area contributed by atoms with E-state index in [4.69, 9.17) is 5.73 Å². The van der Waals surface area contributed by atoms with Crippen LogP contribution in [0.25, 0.3) is 11.4 Å². The maximum Gasteiger partial charge on any atom is 0.223 e. The molecule has 2 aromatic rings. The first-order valence-corrected chi connectivity index (χ1v) is 8.13. The summed E-state index contributed by atoms with van der Waals surface area (Å²) in [4.78, 5) is 12.6. The fourth-order valence-corrected chi connectivity index (χ4v) is 4.05. The molecule has 1 fully saturated rings. The first-order chi connectivity index (χ1) is 9.53. The van der Waals surface area contributed by atoms with E-state index in [9.17, 15) is 8.42 Å². The van der Waals surface area contributed by atoms with E-state index in [0.29, 0.717) is 18.1 Å². The van der Waals surface area contributed by atoms with Crippen molar-refractivity contribution in [3.8, 4) is 11.4 Å². The largest absolute Gasteiger partial charge is 0.368 e. The van der Waals surface area contributed by atoms with E-state index in [1.54, 1.807) is 0 Å². The number of aromatic nitrogens is 3. The molecule has 1 aliphatic rings. The summed E-state index contributed by atoms with van der Waals surface area (Å²) in [5.41, 5.74) is 6.56. The highest BCUT2D eigenvalue weighted by molar-refractivity contribution is 7.91. The molecule has 0 spiro atoms. The number of hydrogen-bond acceptors (Lipinski definition) is 6. The first kappa shape index (κ1) is 13.0. The molecule has 20 heavy (non-hydrogen) atoms. The van der Waals surface area contributed by atoms with Crippen LogP contribution >= 0.6 is 0 Å². The van der Waals surface area contributed by atoms with Crippen LogP contribution in [0.15, 0.2) is 30.3 Å². The molecule has 1 unspecified atom stereocenters. The van der Waals surface area contributed by atoms with Crippen molar-refractivity contribution in [1.82, 2.24) is 15.0 Å². The quantitative estimate of drug-likeness (QED) is 0.886.